The van der Waals surface area contributed by atoms with Gasteiger partial charge in [0.05, 0.1) is 6.61 Å². The lowest BCUT2D eigenvalue weighted by molar-refractivity contribution is 0.318. The van der Waals surface area contributed by atoms with Crippen molar-refractivity contribution in [2.24, 2.45) is 0 Å². The van der Waals surface area contributed by atoms with E-state index in [2.05, 4.69) is 28.2 Å². The molecule has 96 valence electrons. The van der Waals surface area contributed by atoms with Crippen molar-refractivity contribution in [2.75, 3.05) is 18.1 Å². The van der Waals surface area contributed by atoms with Crippen LogP contribution >= 0.6 is 11.8 Å². The molecule has 0 radical (unpaired) electrons. The maximum Gasteiger partial charge on any atom is 0.216 e. The zero-order valence-electron chi connectivity index (χ0n) is 10.2. The lowest BCUT2D eigenvalue weighted by atomic mass is 10.2. The standard InChI is InChI=1S/C12H16N4OS/c1-9-4-2-5-10(8-9)17-6-3-7-18-12-14-11(13)15-16-12/h2,4-5,8H,3,6-7H2,1H3,(H3,13,14,15,16). The van der Waals surface area contributed by atoms with Crippen LogP contribution in [0.5, 0.6) is 5.75 Å². The molecule has 0 spiro atoms. The van der Waals surface area contributed by atoms with Crippen LogP contribution in [0.25, 0.3) is 0 Å². The molecule has 0 saturated carbocycles. The van der Waals surface area contributed by atoms with Crippen molar-refractivity contribution in [3.05, 3.63) is 29.8 Å². The van der Waals surface area contributed by atoms with Gasteiger partial charge in [-0.25, -0.2) is 5.10 Å². The van der Waals surface area contributed by atoms with Crippen LogP contribution in [0.1, 0.15) is 12.0 Å². The second-order valence-electron chi connectivity index (χ2n) is 3.87. The number of nitrogens with two attached hydrogens (primary N) is 1. The maximum atomic E-state index is 5.64. The quantitative estimate of drug-likeness (QED) is 0.618. The molecule has 0 fully saturated rings. The summed E-state index contributed by atoms with van der Waals surface area (Å²) in [5, 5.41) is 7.23. The molecule has 2 aromatic rings. The molecule has 0 unspecified atom stereocenters. The lowest BCUT2D eigenvalue weighted by Gasteiger charge is -2.05. The first-order valence-corrected chi connectivity index (χ1v) is 6.73. The first-order valence-electron chi connectivity index (χ1n) is 5.74. The van der Waals surface area contributed by atoms with Gasteiger partial charge < -0.3 is 10.5 Å². The summed E-state index contributed by atoms with van der Waals surface area (Å²) >= 11 is 1.57. The minimum absolute atomic E-state index is 0.355. The molecule has 5 nitrogen and oxygen atoms in total. The van der Waals surface area contributed by atoms with Gasteiger partial charge in [-0.3, -0.25) is 0 Å². The lowest BCUT2D eigenvalue weighted by Crippen LogP contribution is -1.99. The van der Waals surface area contributed by atoms with Crippen LogP contribution in [-0.2, 0) is 0 Å². The molecule has 1 aromatic carbocycles. The molecular weight excluding hydrogens is 248 g/mol. The molecule has 1 aromatic heterocycles. The van der Waals surface area contributed by atoms with E-state index in [-0.39, 0.29) is 0 Å². The number of benzene rings is 1. The average molecular weight is 264 g/mol. The monoisotopic (exact) mass is 264 g/mol. The predicted octanol–water partition coefficient (Wildman–Crippen LogP) is 2.26. The minimum atomic E-state index is 0.355. The number of aromatic nitrogens is 3. The molecule has 0 aliphatic heterocycles. The van der Waals surface area contributed by atoms with E-state index in [1.54, 1.807) is 11.8 Å². The van der Waals surface area contributed by atoms with Crippen LogP contribution in [-0.4, -0.2) is 27.5 Å². The van der Waals surface area contributed by atoms with Gasteiger partial charge in [-0.1, -0.05) is 23.9 Å². The van der Waals surface area contributed by atoms with Crippen molar-refractivity contribution < 1.29 is 4.74 Å². The largest absolute Gasteiger partial charge is 0.494 e. The number of aryl methyl sites for hydroxylation is 1. The summed E-state index contributed by atoms with van der Waals surface area (Å²) in [6, 6.07) is 8.05. The van der Waals surface area contributed by atoms with Gasteiger partial charge in [0.15, 0.2) is 0 Å². The summed E-state index contributed by atoms with van der Waals surface area (Å²) in [4.78, 5) is 4.01. The van der Waals surface area contributed by atoms with Crippen LogP contribution in [0.3, 0.4) is 0 Å². The van der Waals surface area contributed by atoms with Crippen LogP contribution in [0.2, 0.25) is 0 Å². The summed E-state index contributed by atoms with van der Waals surface area (Å²) in [5.74, 6) is 2.18. The molecule has 6 heteroatoms. The average Bonchev–Trinajstić information content (AvgIpc) is 2.75. The highest BCUT2D eigenvalue weighted by atomic mass is 32.2. The molecular formula is C12H16N4OS. The minimum Gasteiger partial charge on any atom is -0.494 e. The van der Waals surface area contributed by atoms with Crippen molar-refractivity contribution >= 4 is 17.7 Å². The van der Waals surface area contributed by atoms with Crippen molar-refractivity contribution in [3.63, 3.8) is 0 Å². The Morgan fingerprint density at radius 2 is 2.33 bits per heavy atom. The number of nitrogens with one attached hydrogen (secondary N) is 1. The van der Waals surface area contributed by atoms with Gasteiger partial charge in [-0.2, -0.15) is 4.98 Å². The van der Waals surface area contributed by atoms with E-state index in [4.69, 9.17) is 10.5 Å². The Bertz CT molecular complexity index is 500. The van der Waals surface area contributed by atoms with E-state index in [9.17, 15) is 0 Å². The van der Waals surface area contributed by atoms with E-state index >= 15 is 0 Å². The molecule has 0 aliphatic rings. The normalized spacial score (nSPS) is 10.5. The van der Waals surface area contributed by atoms with E-state index in [0.717, 1.165) is 17.9 Å². The third-order valence-electron chi connectivity index (χ3n) is 2.26. The highest BCUT2D eigenvalue weighted by Crippen LogP contribution is 2.15. The molecule has 0 atom stereocenters. The second-order valence-corrected chi connectivity index (χ2v) is 4.93. The number of anilines is 1. The summed E-state index contributed by atoms with van der Waals surface area (Å²) in [6.45, 7) is 2.74. The van der Waals surface area contributed by atoms with Gasteiger partial charge in [-0.05, 0) is 31.0 Å². The molecule has 3 N–H and O–H groups in total. The highest BCUT2D eigenvalue weighted by molar-refractivity contribution is 7.99. The molecule has 1 heterocycles. The number of thioether (sulfide) groups is 1. The number of rotatable bonds is 6. The Balaban J connectivity index is 1.64. The summed E-state index contributed by atoms with van der Waals surface area (Å²) in [7, 11) is 0. The zero-order chi connectivity index (χ0) is 12.8. The Morgan fingerprint density at radius 3 is 3.06 bits per heavy atom. The molecule has 0 saturated heterocycles. The fourth-order valence-corrected chi connectivity index (χ4v) is 2.16. The Labute approximate surface area is 110 Å². The van der Waals surface area contributed by atoms with E-state index in [1.165, 1.54) is 5.56 Å². The van der Waals surface area contributed by atoms with Gasteiger partial charge >= 0.3 is 0 Å². The predicted molar refractivity (Wildman–Crippen MR) is 72.8 cm³/mol. The summed E-state index contributed by atoms with van der Waals surface area (Å²) in [5.41, 5.74) is 6.64. The van der Waals surface area contributed by atoms with Crippen LogP contribution in [0.15, 0.2) is 29.4 Å². The Kier molecular flexibility index (Phi) is 4.46. The topological polar surface area (TPSA) is 76.8 Å². The Morgan fingerprint density at radius 1 is 1.44 bits per heavy atom. The van der Waals surface area contributed by atoms with Gasteiger partial charge in [0, 0.05) is 5.75 Å². The number of nitrogen functional groups attached to an aromatic ring is 1. The number of nitrogens with zero attached hydrogens (tertiary/aromatic N) is 2. The van der Waals surface area contributed by atoms with Crippen molar-refractivity contribution in [3.8, 4) is 5.75 Å². The van der Waals surface area contributed by atoms with Gasteiger partial charge in [0.1, 0.15) is 5.75 Å². The Hall–Kier alpha value is -1.69. The van der Waals surface area contributed by atoms with Crippen LogP contribution in [0.4, 0.5) is 5.95 Å². The third kappa shape index (κ3) is 3.96. The van der Waals surface area contributed by atoms with Crippen molar-refractivity contribution in [2.45, 2.75) is 18.5 Å². The van der Waals surface area contributed by atoms with E-state index in [0.29, 0.717) is 17.7 Å². The molecule has 2 rings (SSSR count). The molecule has 0 amide bonds. The number of ether oxygens (including phenoxy) is 1. The molecule has 0 bridgehead atoms. The number of hydrogen-bond acceptors (Lipinski definition) is 5. The first-order chi connectivity index (χ1) is 8.74. The van der Waals surface area contributed by atoms with Crippen molar-refractivity contribution in [1.29, 1.82) is 0 Å². The number of aromatic amines is 1. The maximum absolute atomic E-state index is 5.64. The SMILES string of the molecule is Cc1cccc(OCCCSc2n[nH]c(N)n2)c1. The molecule has 0 aliphatic carbocycles. The number of H-pyrrole nitrogens is 1. The smallest absolute Gasteiger partial charge is 0.216 e. The molecule has 18 heavy (non-hydrogen) atoms. The fourth-order valence-electron chi connectivity index (χ4n) is 1.44. The zero-order valence-corrected chi connectivity index (χ0v) is 11.0. The van der Waals surface area contributed by atoms with Gasteiger partial charge in [0.25, 0.3) is 0 Å². The van der Waals surface area contributed by atoms with E-state index in [1.807, 2.05) is 18.2 Å². The van der Waals surface area contributed by atoms with Gasteiger partial charge in [0.2, 0.25) is 11.1 Å². The summed E-state index contributed by atoms with van der Waals surface area (Å²) < 4.78 is 5.64. The summed E-state index contributed by atoms with van der Waals surface area (Å²) in [6.07, 6.45) is 0.938. The van der Waals surface area contributed by atoms with Crippen molar-refractivity contribution in [1.82, 2.24) is 15.2 Å². The van der Waals surface area contributed by atoms with Gasteiger partial charge in [-0.15, -0.1) is 5.10 Å². The third-order valence-corrected chi connectivity index (χ3v) is 3.19. The van der Waals surface area contributed by atoms with E-state index < -0.39 is 0 Å². The first kappa shape index (κ1) is 12.8. The number of hydrogen-bond donors (Lipinski definition) is 2. The fraction of sp³-hybridized carbons (Fsp3) is 0.333. The van der Waals surface area contributed by atoms with Crippen LogP contribution in [0, 0.1) is 6.92 Å². The van der Waals surface area contributed by atoms with Crippen LogP contribution < -0.4 is 10.5 Å². The second kappa shape index (κ2) is 6.30. The highest BCUT2D eigenvalue weighted by Gasteiger charge is 2.00.